The standard InChI is InChI=1S/C18H23N3O/c19-15(9-13-10-20-16-4-2-1-3-14(13)16)18(22)21-17(11-5-6-11)12-7-8-12/h1-4,10-12,15,17,20H,5-9,19H2,(H,21,22)/t15-/m0/s1. The first-order chi connectivity index (χ1) is 10.7. The molecule has 4 nitrogen and oxygen atoms in total. The summed E-state index contributed by atoms with van der Waals surface area (Å²) in [5.74, 6) is 1.42. The molecule has 4 rings (SSSR count). The maximum atomic E-state index is 12.4. The molecule has 2 fully saturated rings. The molecule has 1 aromatic heterocycles. The van der Waals surface area contributed by atoms with Crippen molar-refractivity contribution in [3.63, 3.8) is 0 Å². The molecule has 1 heterocycles. The molecule has 1 aromatic carbocycles. The Morgan fingerprint density at radius 2 is 1.91 bits per heavy atom. The van der Waals surface area contributed by atoms with Crippen molar-refractivity contribution in [2.24, 2.45) is 17.6 Å². The summed E-state index contributed by atoms with van der Waals surface area (Å²) in [5.41, 5.74) is 8.38. The average Bonchev–Trinajstić information content (AvgIpc) is 3.44. The second-order valence-electron chi connectivity index (χ2n) is 6.88. The molecule has 22 heavy (non-hydrogen) atoms. The van der Waals surface area contributed by atoms with Gasteiger partial charge in [0.05, 0.1) is 6.04 Å². The Kier molecular flexibility index (Phi) is 3.41. The number of rotatable bonds is 6. The smallest absolute Gasteiger partial charge is 0.237 e. The number of benzene rings is 1. The minimum absolute atomic E-state index is 0.00841. The molecule has 0 unspecified atom stereocenters. The summed E-state index contributed by atoms with van der Waals surface area (Å²) in [7, 11) is 0. The van der Waals surface area contributed by atoms with Crippen LogP contribution in [0.25, 0.3) is 10.9 Å². The number of para-hydroxylation sites is 1. The van der Waals surface area contributed by atoms with E-state index in [4.69, 9.17) is 5.73 Å². The topological polar surface area (TPSA) is 70.9 Å². The minimum Gasteiger partial charge on any atom is -0.361 e. The van der Waals surface area contributed by atoms with Crippen LogP contribution in [0.2, 0.25) is 0 Å². The highest BCUT2D eigenvalue weighted by Gasteiger charge is 2.42. The fourth-order valence-electron chi connectivity index (χ4n) is 3.43. The normalized spacial score (nSPS) is 19.5. The average molecular weight is 297 g/mol. The molecular formula is C18H23N3O. The van der Waals surface area contributed by atoms with Gasteiger partial charge in [0, 0.05) is 23.1 Å². The lowest BCUT2D eigenvalue weighted by atomic mass is 10.0. The Morgan fingerprint density at radius 1 is 1.23 bits per heavy atom. The van der Waals surface area contributed by atoms with Crippen LogP contribution in [-0.4, -0.2) is 23.0 Å². The first-order valence-corrected chi connectivity index (χ1v) is 8.33. The van der Waals surface area contributed by atoms with Crippen molar-refractivity contribution < 1.29 is 4.79 Å². The second kappa shape index (κ2) is 5.43. The van der Waals surface area contributed by atoms with E-state index in [0.717, 1.165) is 16.5 Å². The number of fused-ring (bicyclic) bond motifs is 1. The largest absolute Gasteiger partial charge is 0.361 e. The summed E-state index contributed by atoms with van der Waals surface area (Å²) < 4.78 is 0. The van der Waals surface area contributed by atoms with E-state index in [1.807, 2.05) is 24.4 Å². The van der Waals surface area contributed by atoms with Gasteiger partial charge in [-0.15, -0.1) is 0 Å². The van der Waals surface area contributed by atoms with Gasteiger partial charge in [0.15, 0.2) is 0 Å². The number of carbonyl (C=O) groups is 1. The summed E-state index contributed by atoms with van der Waals surface area (Å²) in [4.78, 5) is 15.7. The molecular weight excluding hydrogens is 274 g/mol. The molecule has 116 valence electrons. The molecule has 2 aliphatic carbocycles. The molecule has 0 saturated heterocycles. The second-order valence-corrected chi connectivity index (χ2v) is 6.88. The van der Waals surface area contributed by atoms with E-state index >= 15 is 0 Å². The zero-order chi connectivity index (χ0) is 15.1. The van der Waals surface area contributed by atoms with Gasteiger partial charge in [0.1, 0.15) is 0 Å². The van der Waals surface area contributed by atoms with Crippen LogP contribution in [0, 0.1) is 11.8 Å². The molecule has 4 heteroatoms. The number of nitrogens with two attached hydrogens (primary N) is 1. The van der Waals surface area contributed by atoms with E-state index in [1.54, 1.807) is 0 Å². The lowest BCUT2D eigenvalue weighted by molar-refractivity contribution is -0.123. The number of hydrogen-bond donors (Lipinski definition) is 3. The molecule has 2 aromatic rings. The number of nitrogens with one attached hydrogen (secondary N) is 2. The van der Waals surface area contributed by atoms with Crippen molar-refractivity contribution in [2.75, 3.05) is 0 Å². The van der Waals surface area contributed by atoms with E-state index < -0.39 is 6.04 Å². The molecule has 0 bridgehead atoms. The van der Waals surface area contributed by atoms with Gasteiger partial charge >= 0.3 is 0 Å². The van der Waals surface area contributed by atoms with Crippen LogP contribution in [0.1, 0.15) is 31.2 Å². The molecule has 0 spiro atoms. The van der Waals surface area contributed by atoms with Crippen molar-refractivity contribution >= 4 is 16.8 Å². The first-order valence-electron chi connectivity index (χ1n) is 8.33. The van der Waals surface area contributed by atoms with Crippen LogP contribution in [0.3, 0.4) is 0 Å². The summed E-state index contributed by atoms with van der Waals surface area (Å²) in [6, 6.07) is 8.04. The molecule has 2 aliphatic rings. The Labute approximate surface area is 130 Å². The van der Waals surface area contributed by atoms with E-state index in [0.29, 0.717) is 24.3 Å². The highest BCUT2D eigenvalue weighted by molar-refractivity contribution is 5.86. The Balaban J connectivity index is 1.42. The fraction of sp³-hybridized carbons (Fsp3) is 0.500. The van der Waals surface area contributed by atoms with Crippen LogP contribution in [0.5, 0.6) is 0 Å². The van der Waals surface area contributed by atoms with Crippen LogP contribution in [0.4, 0.5) is 0 Å². The highest BCUT2D eigenvalue weighted by Crippen LogP contribution is 2.44. The predicted octanol–water partition coefficient (Wildman–Crippen LogP) is 2.34. The maximum absolute atomic E-state index is 12.4. The molecule has 0 aliphatic heterocycles. The van der Waals surface area contributed by atoms with E-state index in [9.17, 15) is 4.79 Å². The lowest BCUT2D eigenvalue weighted by Crippen LogP contribution is -2.48. The van der Waals surface area contributed by atoms with E-state index in [-0.39, 0.29) is 5.91 Å². The van der Waals surface area contributed by atoms with Gasteiger partial charge in [-0.25, -0.2) is 0 Å². The van der Waals surface area contributed by atoms with Gasteiger partial charge in [-0.3, -0.25) is 4.79 Å². The van der Waals surface area contributed by atoms with Crippen LogP contribution in [-0.2, 0) is 11.2 Å². The Morgan fingerprint density at radius 3 is 2.59 bits per heavy atom. The van der Waals surface area contributed by atoms with Crippen LogP contribution in [0.15, 0.2) is 30.5 Å². The first kappa shape index (κ1) is 13.8. The van der Waals surface area contributed by atoms with E-state index in [1.165, 1.54) is 25.7 Å². The Hall–Kier alpha value is -1.81. The molecule has 0 radical (unpaired) electrons. The lowest BCUT2D eigenvalue weighted by Gasteiger charge is -2.20. The van der Waals surface area contributed by atoms with Crippen molar-refractivity contribution in [3.8, 4) is 0 Å². The summed E-state index contributed by atoms with van der Waals surface area (Å²) >= 11 is 0. The molecule has 1 amide bonds. The minimum atomic E-state index is -0.473. The quantitative estimate of drug-likeness (QED) is 0.766. The summed E-state index contributed by atoms with van der Waals surface area (Å²) in [5, 5.41) is 4.39. The number of H-pyrrole nitrogens is 1. The van der Waals surface area contributed by atoms with Gasteiger partial charge in [-0.05, 0) is 55.6 Å². The zero-order valence-corrected chi connectivity index (χ0v) is 12.7. The number of amides is 1. The van der Waals surface area contributed by atoms with Gasteiger partial charge in [0.2, 0.25) is 5.91 Å². The third-order valence-corrected chi connectivity index (χ3v) is 5.02. The fourth-order valence-corrected chi connectivity index (χ4v) is 3.43. The summed E-state index contributed by atoms with van der Waals surface area (Å²) in [6.45, 7) is 0. The molecule has 2 saturated carbocycles. The summed E-state index contributed by atoms with van der Waals surface area (Å²) in [6.07, 6.45) is 7.60. The van der Waals surface area contributed by atoms with Crippen molar-refractivity contribution in [1.82, 2.24) is 10.3 Å². The number of hydrogen-bond acceptors (Lipinski definition) is 2. The van der Waals surface area contributed by atoms with Gasteiger partial charge in [-0.1, -0.05) is 18.2 Å². The van der Waals surface area contributed by atoms with Gasteiger partial charge < -0.3 is 16.0 Å². The van der Waals surface area contributed by atoms with Crippen LogP contribution >= 0.6 is 0 Å². The van der Waals surface area contributed by atoms with Crippen molar-refractivity contribution in [3.05, 3.63) is 36.0 Å². The van der Waals surface area contributed by atoms with Gasteiger partial charge in [-0.2, -0.15) is 0 Å². The SMILES string of the molecule is N[C@@H](Cc1c[nH]c2ccccc12)C(=O)NC(C1CC1)C1CC1. The van der Waals surface area contributed by atoms with Crippen molar-refractivity contribution in [1.29, 1.82) is 0 Å². The number of carbonyl (C=O) groups excluding carboxylic acids is 1. The zero-order valence-electron chi connectivity index (χ0n) is 12.7. The highest BCUT2D eigenvalue weighted by atomic mass is 16.2. The third kappa shape index (κ3) is 2.75. The Bertz CT molecular complexity index is 672. The van der Waals surface area contributed by atoms with Gasteiger partial charge in [0.25, 0.3) is 0 Å². The van der Waals surface area contributed by atoms with Crippen molar-refractivity contribution in [2.45, 2.75) is 44.2 Å². The van der Waals surface area contributed by atoms with Crippen LogP contribution < -0.4 is 11.1 Å². The third-order valence-electron chi connectivity index (χ3n) is 5.02. The van der Waals surface area contributed by atoms with E-state index in [2.05, 4.69) is 16.4 Å². The molecule has 4 N–H and O–H groups in total. The monoisotopic (exact) mass is 297 g/mol. The number of aromatic nitrogens is 1. The maximum Gasteiger partial charge on any atom is 0.237 e. The molecule has 1 atom stereocenters. The number of aromatic amines is 1. The predicted molar refractivity (Wildman–Crippen MR) is 87.4 cm³/mol.